The van der Waals surface area contributed by atoms with Crippen LogP contribution in [0.1, 0.15) is 34.1 Å². The molecule has 0 radical (unpaired) electrons. The van der Waals surface area contributed by atoms with Gasteiger partial charge in [0.2, 0.25) is 0 Å². The summed E-state index contributed by atoms with van der Waals surface area (Å²) in [5.41, 5.74) is 0. The lowest BCUT2D eigenvalue weighted by Gasteiger charge is -2.19. The maximum Gasteiger partial charge on any atom is 0.191 e. The van der Waals surface area contributed by atoms with Crippen molar-refractivity contribution in [3.05, 3.63) is 0 Å². The number of methoxy groups -OCH3 is 1. The Morgan fingerprint density at radius 2 is 1.96 bits per heavy atom. The molecule has 0 aromatic carbocycles. The summed E-state index contributed by atoms with van der Waals surface area (Å²) in [5, 5.41) is 6.48. The van der Waals surface area contributed by atoms with Gasteiger partial charge in [-0.05, 0) is 41.2 Å². The van der Waals surface area contributed by atoms with Crippen LogP contribution in [-0.2, 0) is 15.5 Å². The monoisotopic (exact) mass is 348 g/mol. The van der Waals surface area contributed by atoms with E-state index < -0.39 is 10.8 Å². The normalized spacial score (nSPS) is 14.1. The summed E-state index contributed by atoms with van der Waals surface area (Å²) in [5.74, 6) is 1.42. The van der Waals surface area contributed by atoms with Crippen LogP contribution in [-0.4, -0.2) is 79.1 Å². The number of likely N-dealkylation sites (N-methyl/N-ethyl adjacent to an activating group) is 1. The molecule has 0 aliphatic carbocycles. The molecule has 7 heteroatoms. The largest absolute Gasteiger partial charge is 0.385 e. The van der Waals surface area contributed by atoms with Gasteiger partial charge in [0.05, 0.1) is 6.54 Å². The van der Waals surface area contributed by atoms with Crippen molar-refractivity contribution in [1.82, 2.24) is 15.5 Å². The van der Waals surface area contributed by atoms with Crippen LogP contribution in [0.25, 0.3) is 0 Å². The molecule has 0 aliphatic heterocycles. The first-order valence-electron chi connectivity index (χ1n) is 8.39. The quantitative estimate of drug-likeness (QED) is 0.332. The van der Waals surface area contributed by atoms with Crippen molar-refractivity contribution in [2.24, 2.45) is 4.99 Å². The van der Waals surface area contributed by atoms with Gasteiger partial charge in [-0.3, -0.25) is 9.20 Å². The highest BCUT2D eigenvalue weighted by molar-refractivity contribution is 7.86. The third-order valence-corrected chi connectivity index (χ3v) is 5.19. The van der Waals surface area contributed by atoms with Crippen molar-refractivity contribution in [3.8, 4) is 0 Å². The Morgan fingerprint density at radius 3 is 2.52 bits per heavy atom. The Kier molecular flexibility index (Phi) is 12.4. The van der Waals surface area contributed by atoms with E-state index in [1.807, 2.05) is 27.7 Å². The van der Waals surface area contributed by atoms with Gasteiger partial charge in [-0.25, -0.2) is 0 Å². The minimum atomic E-state index is -0.841. The number of hydrogen-bond donors (Lipinski definition) is 2. The van der Waals surface area contributed by atoms with Crippen molar-refractivity contribution in [3.63, 3.8) is 0 Å². The van der Waals surface area contributed by atoms with Gasteiger partial charge in [-0.15, -0.1) is 0 Å². The second kappa shape index (κ2) is 12.7. The van der Waals surface area contributed by atoms with Crippen molar-refractivity contribution >= 4 is 16.8 Å². The van der Waals surface area contributed by atoms with Crippen LogP contribution in [0, 0.1) is 0 Å². The highest BCUT2D eigenvalue weighted by Crippen LogP contribution is 2.10. The van der Waals surface area contributed by atoms with Gasteiger partial charge >= 0.3 is 0 Å². The van der Waals surface area contributed by atoms with Crippen LogP contribution >= 0.6 is 0 Å². The van der Waals surface area contributed by atoms with Gasteiger partial charge in [0.1, 0.15) is 0 Å². The van der Waals surface area contributed by atoms with Crippen molar-refractivity contribution in [2.75, 3.05) is 59.2 Å². The third-order valence-electron chi connectivity index (χ3n) is 3.25. The zero-order chi connectivity index (χ0) is 17.7. The van der Waals surface area contributed by atoms with Crippen LogP contribution in [0.4, 0.5) is 0 Å². The van der Waals surface area contributed by atoms with Crippen LogP contribution in [0.2, 0.25) is 0 Å². The van der Waals surface area contributed by atoms with E-state index in [2.05, 4.69) is 27.6 Å². The fourth-order valence-electron chi connectivity index (χ4n) is 1.83. The molecule has 0 fully saturated rings. The molecule has 0 spiro atoms. The van der Waals surface area contributed by atoms with Gasteiger partial charge < -0.3 is 20.3 Å². The van der Waals surface area contributed by atoms with E-state index in [-0.39, 0.29) is 4.75 Å². The lowest BCUT2D eigenvalue weighted by Crippen LogP contribution is -2.40. The Bertz CT molecular complexity index is 356. The molecule has 1 atom stereocenters. The maximum absolute atomic E-state index is 12.0. The predicted octanol–water partition coefficient (Wildman–Crippen LogP) is 1.06. The Labute approximate surface area is 144 Å². The molecule has 0 rings (SSSR count). The first kappa shape index (κ1) is 22.3. The molecule has 0 saturated carbocycles. The van der Waals surface area contributed by atoms with Gasteiger partial charge in [0.15, 0.2) is 5.96 Å². The number of rotatable bonds is 11. The molecule has 6 nitrogen and oxygen atoms in total. The van der Waals surface area contributed by atoms with Gasteiger partial charge in [0, 0.05) is 61.2 Å². The highest BCUT2D eigenvalue weighted by Gasteiger charge is 2.18. The third kappa shape index (κ3) is 12.4. The molecule has 23 heavy (non-hydrogen) atoms. The smallest absolute Gasteiger partial charge is 0.191 e. The Balaban J connectivity index is 4.11. The van der Waals surface area contributed by atoms with Crippen LogP contribution in [0.5, 0.6) is 0 Å². The van der Waals surface area contributed by atoms with Crippen LogP contribution < -0.4 is 10.6 Å². The Morgan fingerprint density at radius 1 is 1.26 bits per heavy atom. The molecule has 0 aromatic rings. The summed E-state index contributed by atoms with van der Waals surface area (Å²) in [6.45, 7) is 13.0. The van der Waals surface area contributed by atoms with Crippen LogP contribution in [0.3, 0.4) is 0 Å². The fourth-order valence-corrected chi connectivity index (χ4v) is 2.73. The van der Waals surface area contributed by atoms with Crippen LogP contribution in [0.15, 0.2) is 4.99 Å². The van der Waals surface area contributed by atoms with E-state index in [0.717, 1.165) is 45.2 Å². The lowest BCUT2D eigenvalue weighted by molar-refractivity contribution is 0.180. The first-order chi connectivity index (χ1) is 10.8. The first-order valence-corrected chi connectivity index (χ1v) is 9.71. The second-order valence-corrected chi connectivity index (χ2v) is 8.82. The number of nitrogens with zero attached hydrogens (tertiary/aromatic N) is 2. The number of aliphatic imine (C=N–C) groups is 1. The summed E-state index contributed by atoms with van der Waals surface area (Å²) in [6.07, 6.45) is 1.04. The minimum absolute atomic E-state index is 0.165. The summed E-state index contributed by atoms with van der Waals surface area (Å²) < 4.78 is 16.9. The average Bonchev–Trinajstić information content (AvgIpc) is 2.46. The molecule has 0 aromatic heterocycles. The van der Waals surface area contributed by atoms with Gasteiger partial charge in [-0.1, -0.05) is 0 Å². The molecule has 0 saturated heterocycles. The molecule has 1 unspecified atom stereocenters. The second-order valence-electron chi connectivity index (χ2n) is 6.50. The summed E-state index contributed by atoms with van der Waals surface area (Å²) in [4.78, 5) is 6.81. The van der Waals surface area contributed by atoms with E-state index >= 15 is 0 Å². The zero-order valence-electron chi connectivity index (χ0n) is 15.8. The number of ether oxygens (including phenoxy) is 1. The summed E-state index contributed by atoms with van der Waals surface area (Å²) in [6, 6.07) is 0. The molecular weight excluding hydrogens is 312 g/mol. The van der Waals surface area contributed by atoms with Gasteiger partial charge in [0.25, 0.3) is 0 Å². The molecular formula is C16H36N4O2S. The number of nitrogens with one attached hydrogen (secondary N) is 2. The van der Waals surface area contributed by atoms with E-state index in [0.29, 0.717) is 12.3 Å². The molecule has 0 amide bonds. The lowest BCUT2D eigenvalue weighted by atomic mass is 10.3. The van der Waals surface area contributed by atoms with Crippen molar-refractivity contribution in [2.45, 2.75) is 38.9 Å². The zero-order valence-corrected chi connectivity index (χ0v) is 16.6. The topological polar surface area (TPSA) is 66.0 Å². The van der Waals surface area contributed by atoms with Gasteiger partial charge in [-0.2, -0.15) is 0 Å². The predicted molar refractivity (Wildman–Crippen MR) is 101 cm³/mol. The average molecular weight is 349 g/mol. The molecule has 0 heterocycles. The molecule has 0 aliphatic rings. The number of hydrogen-bond acceptors (Lipinski definition) is 4. The molecule has 138 valence electrons. The number of guanidine groups is 1. The van der Waals surface area contributed by atoms with Crippen molar-refractivity contribution < 1.29 is 8.95 Å². The Hall–Kier alpha value is -0.660. The van der Waals surface area contributed by atoms with E-state index in [1.54, 1.807) is 7.11 Å². The SMILES string of the molecule is CCNC(=NCCN(C)CCCOC)NCCS(=O)C(C)(C)C. The summed E-state index contributed by atoms with van der Waals surface area (Å²) in [7, 11) is 2.98. The molecule has 2 N–H and O–H groups in total. The standard InChI is InChI=1S/C16H36N4O2S/c1-7-17-15(19-10-14-23(21)16(2,3)4)18-9-12-20(5)11-8-13-22-6/h7-14H2,1-6H3,(H2,17,18,19). The van der Waals surface area contributed by atoms with E-state index in [9.17, 15) is 4.21 Å². The maximum atomic E-state index is 12.0. The van der Waals surface area contributed by atoms with Crippen molar-refractivity contribution in [1.29, 1.82) is 0 Å². The minimum Gasteiger partial charge on any atom is -0.385 e. The van der Waals surface area contributed by atoms with E-state index in [4.69, 9.17) is 4.74 Å². The van der Waals surface area contributed by atoms with E-state index in [1.165, 1.54) is 0 Å². The highest BCUT2D eigenvalue weighted by atomic mass is 32.2. The fraction of sp³-hybridized carbons (Fsp3) is 0.938. The summed E-state index contributed by atoms with van der Waals surface area (Å²) >= 11 is 0. The molecule has 0 bridgehead atoms.